The molecule has 128 valence electrons. The topological polar surface area (TPSA) is 39.8 Å². The summed E-state index contributed by atoms with van der Waals surface area (Å²) < 4.78 is 6.04. The number of ether oxygens (including phenoxy) is 1. The fourth-order valence-corrected chi connectivity index (χ4v) is 4.29. The van der Waals surface area contributed by atoms with E-state index in [1.54, 1.807) is 0 Å². The van der Waals surface area contributed by atoms with Crippen molar-refractivity contribution in [2.24, 2.45) is 0 Å². The number of nitrogens with zero attached hydrogens (tertiary/aromatic N) is 2. The van der Waals surface area contributed by atoms with Gasteiger partial charge in [0.05, 0.1) is 0 Å². The molecule has 0 radical (unpaired) electrons. The zero-order valence-corrected chi connectivity index (χ0v) is 14.4. The lowest BCUT2D eigenvalue weighted by molar-refractivity contribution is 0.0122. The molecule has 2 unspecified atom stereocenters. The van der Waals surface area contributed by atoms with E-state index in [4.69, 9.17) is 4.74 Å². The number of fused-ring (bicyclic) bond motifs is 1. The maximum atomic E-state index is 6.04. The van der Waals surface area contributed by atoms with E-state index in [9.17, 15) is 0 Å². The Morgan fingerprint density at radius 2 is 1.91 bits per heavy atom. The zero-order valence-electron chi connectivity index (χ0n) is 14.4. The molecule has 3 heterocycles. The molecule has 0 spiro atoms. The van der Waals surface area contributed by atoms with Crippen molar-refractivity contribution in [3.8, 4) is 0 Å². The predicted octanol–water partition coefficient (Wildman–Crippen LogP) is 1.55. The van der Waals surface area contributed by atoms with Gasteiger partial charge in [-0.15, -0.1) is 0 Å². The number of nitrogens with one attached hydrogen (secondary N) is 2. The number of rotatable bonds is 6. The Balaban J connectivity index is 1.25. The minimum atomic E-state index is 0.266. The van der Waals surface area contributed by atoms with Gasteiger partial charge in [0.15, 0.2) is 0 Å². The molecule has 0 aromatic carbocycles. The number of hydrazine groups is 1. The quantitative estimate of drug-likeness (QED) is 0.729. The molecule has 3 aliphatic rings. The summed E-state index contributed by atoms with van der Waals surface area (Å²) in [4.78, 5) is 2.60. The molecule has 2 N–H and O–H groups in total. The molecule has 5 heteroatoms. The first kappa shape index (κ1) is 16.7. The largest absolute Gasteiger partial charge is 0.362 e. The van der Waals surface area contributed by atoms with Crippen LogP contribution >= 0.6 is 0 Å². The van der Waals surface area contributed by atoms with Gasteiger partial charge in [0.2, 0.25) is 0 Å². The van der Waals surface area contributed by atoms with Gasteiger partial charge in [-0.05, 0) is 46.1 Å². The summed E-state index contributed by atoms with van der Waals surface area (Å²) in [6.07, 6.45) is 7.92. The summed E-state index contributed by atoms with van der Waals surface area (Å²) in [5.41, 5.74) is 3.54. The molecule has 0 aliphatic carbocycles. The van der Waals surface area contributed by atoms with E-state index in [-0.39, 0.29) is 6.23 Å². The molecule has 0 bridgehead atoms. The van der Waals surface area contributed by atoms with Gasteiger partial charge in [-0.1, -0.05) is 6.42 Å². The summed E-state index contributed by atoms with van der Waals surface area (Å²) in [6.45, 7) is 10.3. The highest BCUT2D eigenvalue weighted by atomic mass is 16.5. The maximum absolute atomic E-state index is 6.04. The van der Waals surface area contributed by atoms with Crippen LogP contribution in [0, 0.1) is 0 Å². The average molecular weight is 310 g/mol. The van der Waals surface area contributed by atoms with Crippen LogP contribution in [0.2, 0.25) is 0 Å². The number of piperazine rings is 1. The van der Waals surface area contributed by atoms with Crippen molar-refractivity contribution in [3.05, 3.63) is 0 Å². The van der Waals surface area contributed by atoms with Crippen molar-refractivity contribution >= 4 is 0 Å². The van der Waals surface area contributed by atoms with Gasteiger partial charge in [0.1, 0.15) is 6.23 Å². The van der Waals surface area contributed by atoms with Gasteiger partial charge in [0, 0.05) is 50.8 Å². The third-order valence-electron chi connectivity index (χ3n) is 5.24. The van der Waals surface area contributed by atoms with Crippen LogP contribution in [0.5, 0.6) is 0 Å². The van der Waals surface area contributed by atoms with Crippen molar-refractivity contribution < 1.29 is 4.74 Å². The van der Waals surface area contributed by atoms with Gasteiger partial charge in [-0.2, -0.15) is 0 Å². The maximum Gasteiger partial charge on any atom is 0.122 e. The van der Waals surface area contributed by atoms with E-state index in [1.807, 2.05) is 0 Å². The number of unbranched alkanes of at least 4 members (excludes halogenated alkanes) is 1. The Kier molecular flexibility index (Phi) is 6.10. The minimum absolute atomic E-state index is 0.266. The molecule has 22 heavy (non-hydrogen) atoms. The smallest absolute Gasteiger partial charge is 0.122 e. The fraction of sp³-hybridized carbons (Fsp3) is 1.00. The van der Waals surface area contributed by atoms with Crippen molar-refractivity contribution in [2.75, 3.05) is 32.8 Å². The van der Waals surface area contributed by atoms with E-state index in [2.05, 4.69) is 34.5 Å². The van der Waals surface area contributed by atoms with Crippen LogP contribution in [0.3, 0.4) is 0 Å². The van der Waals surface area contributed by atoms with Crippen molar-refractivity contribution in [1.29, 1.82) is 0 Å². The van der Waals surface area contributed by atoms with Crippen molar-refractivity contribution in [1.82, 2.24) is 20.7 Å². The van der Waals surface area contributed by atoms with E-state index in [0.717, 1.165) is 12.6 Å². The second-order valence-electron chi connectivity index (χ2n) is 7.50. The molecule has 0 aromatic heterocycles. The van der Waals surface area contributed by atoms with Crippen LogP contribution < -0.4 is 10.7 Å². The fourth-order valence-electron chi connectivity index (χ4n) is 4.29. The lowest BCUT2D eigenvalue weighted by atomic mass is 10.0. The minimum Gasteiger partial charge on any atom is -0.362 e. The van der Waals surface area contributed by atoms with Crippen LogP contribution in [0.4, 0.5) is 0 Å². The van der Waals surface area contributed by atoms with E-state index >= 15 is 0 Å². The highest BCUT2D eigenvalue weighted by molar-refractivity contribution is 4.83. The summed E-state index contributed by atoms with van der Waals surface area (Å²) in [7, 11) is 0. The Hall–Kier alpha value is -0.200. The lowest BCUT2D eigenvalue weighted by Crippen LogP contribution is -2.54. The molecular formula is C17H34N4O. The highest BCUT2D eigenvalue weighted by Gasteiger charge is 2.33. The van der Waals surface area contributed by atoms with Gasteiger partial charge in [-0.25, -0.2) is 10.4 Å². The summed E-state index contributed by atoms with van der Waals surface area (Å²) in [6, 6.07) is 1.97. The SMILES string of the molecule is C[C@@H]1CN(CCCCOC2CC3CCCCN3N2)C[C@H](C)N1. The van der Waals surface area contributed by atoms with Gasteiger partial charge in [-0.3, -0.25) is 0 Å². The Morgan fingerprint density at radius 3 is 2.68 bits per heavy atom. The second-order valence-corrected chi connectivity index (χ2v) is 7.50. The van der Waals surface area contributed by atoms with Gasteiger partial charge in [0.25, 0.3) is 0 Å². The molecule has 3 rings (SSSR count). The number of piperidine rings is 1. The Labute approximate surface area is 135 Å². The van der Waals surface area contributed by atoms with E-state index in [1.165, 1.54) is 64.7 Å². The first-order chi connectivity index (χ1) is 10.7. The van der Waals surface area contributed by atoms with Crippen molar-refractivity contribution in [3.63, 3.8) is 0 Å². The van der Waals surface area contributed by atoms with Gasteiger partial charge < -0.3 is 15.0 Å². The predicted molar refractivity (Wildman–Crippen MR) is 89.6 cm³/mol. The Morgan fingerprint density at radius 1 is 1.09 bits per heavy atom. The number of hydrogen-bond acceptors (Lipinski definition) is 5. The normalized spacial score (nSPS) is 37.4. The summed E-state index contributed by atoms with van der Waals surface area (Å²) in [5.74, 6) is 0. The van der Waals surface area contributed by atoms with Crippen LogP contribution in [-0.2, 0) is 4.74 Å². The molecule has 3 saturated heterocycles. The van der Waals surface area contributed by atoms with E-state index in [0.29, 0.717) is 12.1 Å². The second kappa shape index (κ2) is 8.06. The summed E-state index contributed by atoms with van der Waals surface area (Å²) in [5, 5.41) is 6.01. The third-order valence-corrected chi connectivity index (χ3v) is 5.24. The molecule has 4 atom stereocenters. The third kappa shape index (κ3) is 4.65. The molecule has 5 nitrogen and oxygen atoms in total. The monoisotopic (exact) mass is 310 g/mol. The number of hydrogen-bond donors (Lipinski definition) is 2. The first-order valence-corrected chi connectivity index (χ1v) is 9.33. The first-order valence-electron chi connectivity index (χ1n) is 9.33. The molecule has 3 aliphatic heterocycles. The van der Waals surface area contributed by atoms with Crippen LogP contribution in [0.1, 0.15) is 52.4 Å². The van der Waals surface area contributed by atoms with E-state index < -0.39 is 0 Å². The van der Waals surface area contributed by atoms with Crippen LogP contribution in [0.15, 0.2) is 0 Å². The molecule has 0 amide bonds. The van der Waals surface area contributed by atoms with Crippen molar-refractivity contribution in [2.45, 2.75) is 76.7 Å². The lowest BCUT2D eigenvalue weighted by Gasteiger charge is -2.36. The highest BCUT2D eigenvalue weighted by Crippen LogP contribution is 2.25. The molecule has 0 saturated carbocycles. The van der Waals surface area contributed by atoms with Crippen LogP contribution in [-0.4, -0.2) is 67.0 Å². The molecule has 0 aromatic rings. The summed E-state index contributed by atoms with van der Waals surface area (Å²) >= 11 is 0. The standard InChI is InChI=1S/C17H34N4O/c1-14-12-20(13-15(2)18-14)8-5-6-10-22-17-11-16-7-3-4-9-21(16)19-17/h14-19H,3-13H2,1-2H3/t14-,15+,16?,17?. The molecule has 3 fully saturated rings. The average Bonchev–Trinajstić information content (AvgIpc) is 2.88. The van der Waals surface area contributed by atoms with Crippen LogP contribution in [0.25, 0.3) is 0 Å². The Bertz CT molecular complexity index is 317. The zero-order chi connectivity index (χ0) is 15.4. The van der Waals surface area contributed by atoms with Gasteiger partial charge >= 0.3 is 0 Å². The molecular weight excluding hydrogens is 276 g/mol.